The molecule has 29 heavy (non-hydrogen) atoms. The number of carboxylic acids is 1. The Hall–Kier alpha value is -2.68. The van der Waals surface area contributed by atoms with Crippen molar-refractivity contribution in [3.05, 3.63) is 52.1 Å². The zero-order chi connectivity index (χ0) is 21.3. The van der Waals surface area contributed by atoms with Crippen LogP contribution in [0.5, 0.6) is 17.2 Å². The molecular weight excluding hydrogens is 455 g/mol. The summed E-state index contributed by atoms with van der Waals surface area (Å²) in [6, 6.07) is 6.95. The van der Waals surface area contributed by atoms with Crippen molar-refractivity contribution in [1.29, 1.82) is 0 Å². The lowest BCUT2D eigenvalue weighted by molar-refractivity contribution is -0.139. The third kappa shape index (κ3) is 4.67. The first-order valence-electron chi connectivity index (χ1n) is 8.60. The lowest BCUT2D eigenvalue weighted by Crippen LogP contribution is -2.12. The molecule has 0 saturated carbocycles. The predicted molar refractivity (Wildman–Crippen MR) is 105 cm³/mol. The van der Waals surface area contributed by atoms with E-state index in [0.29, 0.717) is 0 Å². The minimum absolute atomic E-state index is 0.00837. The highest BCUT2D eigenvalue weighted by molar-refractivity contribution is 9.10. The van der Waals surface area contributed by atoms with Crippen LogP contribution >= 0.6 is 15.9 Å². The van der Waals surface area contributed by atoms with Crippen molar-refractivity contribution in [2.24, 2.45) is 0 Å². The molecule has 0 atom stereocenters. The van der Waals surface area contributed by atoms with Gasteiger partial charge < -0.3 is 19.6 Å². The van der Waals surface area contributed by atoms with E-state index in [1.807, 2.05) is 20.0 Å². The van der Waals surface area contributed by atoms with Crippen LogP contribution in [0.1, 0.15) is 30.9 Å². The fourth-order valence-corrected chi connectivity index (χ4v) is 3.41. The Morgan fingerprint density at radius 3 is 2.55 bits per heavy atom. The Morgan fingerprint density at radius 2 is 1.93 bits per heavy atom. The number of rotatable bonds is 6. The van der Waals surface area contributed by atoms with Crippen molar-refractivity contribution >= 4 is 32.8 Å². The van der Waals surface area contributed by atoms with Gasteiger partial charge in [-0.3, -0.25) is 0 Å². The van der Waals surface area contributed by atoms with Gasteiger partial charge in [-0.25, -0.2) is 4.79 Å². The number of H-pyrrole nitrogens is 1. The van der Waals surface area contributed by atoms with E-state index in [4.69, 9.17) is 14.6 Å². The van der Waals surface area contributed by atoms with Crippen molar-refractivity contribution in [3.63, 3.8) is 0 Å². The third-order valence-corrected chi connectivity index (χ3v) is 4.80. The van der Waals surface area contributed by atoms with Gasteiger partial charge in [-0.1, -0.05) is 13.8 Å². The van der Waals surface area contributed by atoms with Crippen LogP contribution in [0.4, 0.5) is 13.2 Å². The molecule has 3 rings (SSSR count). The SMILES string of the molecule is CC(C)c1c[nH]c2ccc(Oc3c(Br)cc(OCC(=O)O)cc3C(F)(F)F)cc12. The summed E-state index contributed by atoms with van der Waals surface area (Å²) in [5.74, 6) is -1.49. The fraction of sp³-hybridized carbons (Fsp3) is 0.250. The van der Waals surface area contributed by atoms with Gasteiger partial charge in [0.25, 0.3) is 0 Å². The first kappa shape index (κ1) is 21.0. The molecule has 0 aliphatic heterocycles. The van der Waals surface area contributed by atoms with Crippen molar-refractivity contribution in [2.45, 2.75) is 25.9 Å². The molecule has 0 unspecified atom stereocenters. The number of aliphatic carboxylic acids is 1. The van der Waals surface area contributed by atoms with Gasteiger partial charge in [-0.15, -0.1) is 0 Å². The molecule has 0 saturated heterocycles. The molecule has 0 amide bonds. The number of carboxylic acid groups (broad SMARTS) is 1. The van der Waals surface area contributed by atoms with Crippen LogP contribution in [-0.2, 0) is 11.0 Å². The highest BCUT2D eigenvalue weighted by atomic mass is 79.9. The molecule has 3 aromatic rings. The smallest absolute Gasteiger partial charge is 0.420 e. The Kier molecular flexibility index (Phi) is 5.79. The van der Waals surface area contributed by atoms with Crippen LogP contribution in [-0.4, -0.2) is 22.7 Å². The number of carbonyl (C=O) groups is 1. The minimum Gasteiger partial charge on any atom is -0.482 e. The van der Waals surface area contributed by atoms with E-state index in [0.717, 1.165) is 22.5 Å². The summed E-state index contributed by atoms with van der Waals surface area (Å²) in [5.41, 5.74) is 0.803. The number of benzene rings is 2. The highest BCUT2D eigenvalue weighted by Crippen LogP contribution is 2.45. The molecule has 2 aromatic carbocycles. The second kappa shape index (κ2) is 7.98. The van der Waals surface area contributed by atoms with E-state index in [2.05, 4.69) is 20.9 Å². The second-order valence-corrected chi connectivity index (χ2v) is 7.52. The summed E-state index contributed by atoms with van der Waals surface area (Å²) in [7, 11) is 0. The highest BCUT2D eigenvalue weighted by Gasteiger charge is 2.36. The number of aromatic amines is 1. The van der Waals surface area contributed by atoms with Gasteiger partial charge in [0.15, 0.2) is 12.4 Å². The fourth-order valence-electron chi connectivity index (χ4n) is 2.89. The average molecular weight is 472 g/mol. The summed E-state index contributed by atoms with van der Waals surface area (Å²) in [6.07, 6.45) is -2.87. The molecule has 0 aliphatic carbocycles. The van der Waals surface area contributed by atoms with Crippen molar-refractivity contribution in [3.8, 4) is 17.2 Å². The molecule has 1 aromatic heterocycles. The summed E-state index contributed by atoms with van der Waals surface area (Å²) in [6.45, 7) is 3.28. The molecule has 5 nitrogen and oxygen atoms in total. The van der Waals surface area contributed by atoms with Crippen LogP contribution in [0.15, 0.2) is 41.0 Å². The van der Waals surface area contributed by atoms with Gasteiger partial charge in [0.2, 0.25) is 0 Å². The molecule has 0 radical (unpaired) electrons. The number of ether oxygens (including phenoxy) is 2. The van der Waals surface area contributed by atoms with Gasteiger partial charge in [-0.05, 0) is 57.7 Å². The maximum Gasteiger partial charge on any atom is 0.420 e. The van der Waals surface area contributed by atoms with Crippen LogP contribution in [0, 0.1) is 0 Å². The number of alkyl halides is 3. The first-order valence-corrected chi connectivity index (χ1v) is 9.39. The molecule has 0 fully saturated rings. The third-order valence-electron chi connectivity index (χ3n) is 4.21. The van der Waals surface area contributed by atoms with Crippen molar-refractivity contribution in [1.82, 2.24) is 4.98 Å². The van der Waals surface area contributed by atoms with E-state index in [9.17, 15) is 18.0 Å². The second-order valence-electron chi connectivity index (χ2n) is 6.67. The number of halogens is 4. The number of nitrogens with one attached hydrogen (secondary N) is 1. The topological polar surface area (TPSA) is 71.5 Å². The molecule has 154 valence electrons. The van der Waals surface area contributed by atoms with E-state index >= 15 is 0 Å². The lowest BCUT2D eigenvalue weighted by atomic mass is 10.0. The molecular formula is C20H17BrF3NO4. The Labute approximate surface area is 172 Å². The Morgan fingerprint density at radius 1 is 1.21 bits per heavy atom. The zero-order valence-corrected chi connectivity index (χ0v) is 17.0. The molecule has 1 heterocycles. The van der Waals surface area contributed by atoms with Gasteiger partial charge >= 0.3 is 12.1 Å². The van der Waals surface area contributed by atoms with E-state index in [-0.39, 0.29) is 21.9 Å². The van der Waals surface area contributed by atoms with Crippen molar-refractivity contribution < 1.29 is 32.5 Å². The maximum atomic E-state index is 13.6. The number of fused-ring (bicyclic) bond motifs is 1. The monoisotopic (exact) mass is 471 g/mol. The molecule has 2 N–H and O–H groups in total. The average Bonchev–Trinajstić information content (AvgIpc) is 3.04. The van der Waals surface area contributed by atoms with Crippen LogP contribution in [0.3, 0.4) is 0 Å². The minimum atomic E-state index is -4.73. The maximum absolute atomic E-state index is 13.6. The summed E-state index contributed by atoms with van der Waals surface area (Å²) in [5, 5.41) is 9.53. The van der Waals surface area contributed by atoms with Crippen molar-refractivity contribution in [2.75, 3.05) is 6.61 Å². The van der Waals surface area contributed by atoms with E-state index in [1.54, 1.807) is 18.2 Å². The van der Waals surface area contributed by atoms with Gasteiger partial charge in [0.05, 0.1) is 4.47 Å². The largest absolute Gasteiger partial charge is 0.482 e. The normalized spacial score (nSPS) is 11.8. The van der Waals surface area contributed by atoms with E-state index < -0.39 is 30.1 Å². The van der Waals surface area contributed by atoms with Gasteiger partial charge in [0, 0.05) is 17.1 Å². The standard InChI is InChI=1S/C20H17BrF3NO4/c1-10(2)14-8-25-17-4-3-11(5-13(14)17)29-19-15(20(22,23)24)6-12(7-16(19)21)28-9-18(26)27/h3-8,10,25H,9H2,1-2H3,(H,26,27). The quantitative estimate of drug-likeness (QED) is 0.440. The van der Waals surface area contributed by atoms with Crippen LogP contribution < -0.4 is 9.47 Å². The number of hydrogen-bond donors (Lipinski definition) is 2. The predicted octanol–water partition coefficient (Wildman–Crippen LogP) is 6.33. The summed E-state index contributed by atoms with van der Waals surface area (Å²) >= 11 is 3.08. The van der Waals surface area contributed by atoms with Crippen LogP contribution in [0.2, 0.25) is 0 Å². The molecule has 0 spiro atoms. The Balaban J connectivity index is 2.02. The molecule has 9 heteroatoms. The first-order chi connectivity index (χ1) is 13.6. The van der Waals surface area contributed by atoms with Gasteiger partial charge in [-0.2, -0.15) is 13.2 Å². The molecule has 0 bridgehead atoms. The summed E-state index contributed by atoms with van der Waals surface area (Å²) < 4.78 is 51.3. The number of aromatic nitrogens is 1. The van der Waals surface area contributed by atoms with Crippen LogP contribution in [0.25, 0.3) is 10.9 Å². The van der Waals surface area contributed by atoms with Gasteiger partial charge in [0.1, 0.15) is 17.1 Å². The summed E-state index contributed by atoms with van der Waals surface area (Å²) in [4.78, 5) is 13.8. The lowest BCUT2D eigenvalue weighted by Gasteiger charge is -2.17. The Bertz CT molecular complexity index is 1060. The number of hydrogen-bond acceptors (Lipinski definition) is 3. The zero-order valence-electron chi connectivity index (χ0n) is 15.4. The molecule has 0 aliphatic rings. The van der Waals surface area contributed by atoms with E-state index in [1.165, 1.54) is 6.07 Å².